The molecule has 180 valence electrons. The van der Waals surface area contributed by atoms with Crippen LogP contribution in [-0.4, -0.2) is 33.2 Å². The number of carbonyl (C=O) groups is 1. The van der Waals surface area contributed by atoms with Crippen molar-refractivity contribution in [3.8, 4) is 17.6 Å². The van der Waals surface area contributed by atoms with Crippen LogP contribution >= 0.6 is 0 Å². The van der Waals surface area contributed by atoms with E-state index >= 15 is 0 Å². The first-order valence-corrected chi connectivity index (χ1v) is 11.6. The minimum Gasteiger partial charge on any atom is -0.493 e. The SMILES string of the molecule is CCN(Cc1ccccc1)c1ccc(/C=C(\C#N)C(=O)NCCc2ccc(OC)c(OC)c2)cc1. The molecule has 0 bridgehead atoms. The fourth-order valence-corrected chi connectivity index (χ4v) is 3.74. The van der Waals surface area contributed by atoms with Gasteiger partial charge >= 0.3 is 0 Å². The largest absolute Gasteiger partial charge is 0.493 e. The molecule has 3 aromatic carbocycles. The topological polar surface area (TPSA) is 74.6 Å². The lowest BCUT2D eigenvalue weighted by atomic mass is 10.1. The number of carbonyl (C=O) groups excluding carboxylic acids is 1. The van der Waals surface area contributed by atoms with Crippen molar-refractivity contribution in [3.05, 3.63) is 95.1 Å². The van der Waals surface area contributed by atoms with E-state index in [9.17, 15) is 10.1 Å². The molecule has 6 nitrogen and oxygen atoms in total. The van der Waals surface area contributed by atoms with Gasteiger partial charge in [0.15, 0.2) is 11.5 Å². The Bertz CT molecular complexity index is 1180. The van der Waals surface area contributed by atoms with Gasteiger partial charge in [-0.1, -0.05) is 48.5 Å². The summed E-state index contributed by atoms with van der Waals surface area (Å²) in [6.45, 7) is 4.21. The van der Waals surface area contributed by atoms with Crippen LogP contribution in [0.15, 0.2) is 78.4 Å². The summed E-state index contributed by atoms with van der Waals surface area (Å²) < 4.78 is 10.6. The van der Waals surface area contributed by atoms with Crippen LogP contribution < -0.4 is 19.7 Å². The van der Waals surface area contributed by atoms with E-state index in [2.05, 4.69) is 29.3 Å². The highest BCUT2D eigenvalue weighted by molar-refractivity contribution is 6.01. The third kappa shape index (κ3) is 7.12. The van der Waals surface area contributed by atoms with E-state index in [0.29, 0.717) is 24.5 Å². The van der Waals surface area contributed by atoms with Gasteiger partial charge in [0.25, 0.3) is 5.91 Å². The number of hydrogen-bond donors (Lipinski definition) is 1. The summed E-state index contributed by atoms with van der Waals surface area (Å²) in [6.07, 6.45) is 2.22. The van der Waals surface area contributed by atoms with E-state index in [0.717, 1.165) is 29.9 Å². The lowest BCUT2D eigenvalue weighted by molar-refractivity contribution is -0.117. The maximum Gasteiger partial charge on any atom is 0.261 e. The molecule has 0 fully saturated rings. The Labute approximate surface area is 207 Å². The number of benzene rings is 3. The molecule has 3 rings (SSSR count). The first kappa shape index (κ1) is 25.4. The van der Waals surface area contributed by atoms with Crippen molar-refractivity contribution >= 4 is 17.7 Å². The van der Waals surface area contributed by atoms with Crippen LogP contribution in [0.1, 0.15) is 23.6 Å². The molecule has 0 aliphatic carbocycles. The molecule has 0 saturated heterocycles. The van der Waals surface area contributed by atoms with Gasteiger partial charge in [-0.25, -0.2) is 0 Å². The predicted molar refractivity (Wildman–Crippen MR) is 139 cm³/mol. The Morgan fingerprint density at radius 2 is 1.69 bits per heavy atom. The standard InChI is InChI=1S/C29H31N3O3/c1-4-32(21-24-8-6-5-7-9-24)26-13-10-22(11-14-26)18-25(20-30)29(33)31-17-16-23-12-15-27(34-2)28(19-23)35-3/h5-15,18-19H,4,16-17,21H2,1-3H3,(H,31,33)/b25-18+. The van der Waals surface area contributed by atoms with Crippen molar-refractivity contribution in [2.24, 2.45) is 0 Å². The third-order valence-electron chi connectivity index (χ3n) is 5.68. The van der Waals surface area contributed by atoms with Gasteiger partial charge < -0.3 is 19.7 Å². The Morgan fingerprint density at radius 3 is 2.31 bits per heavy atom. The van der Waals surface area contributed by atoms with Crippen molar-refractivity contribution in [1.82, 2.24) is 5.32 Å². The highest BCUT2D eigenvalue weighted by Gasteiger charge is 2.10. The molecule has 0 atom stereocenters. The van der Waals surface area contributed by atoms with Crippen LogP contribution in [0.5, 0.6) is 11.5 Å². The van der Waals surface area contributed by atoms with Gasteiger partial charge in [-0.15, -0.1) is 0 Å². The number of rotatable bonds is 11. The average Bonchev–Trinajstić information content (AvgIpc) is 2.91. The number of nitrogens with one attached hydrogen (secondary N) is 1. The van der Waals surface area contributed by atoms with Crippen LogP contribution in [0.2, 0.25) is 0 Å². The Morgan fingerprint density at radius 1 is 0.971 bits per heavy atom. The molecule has 3 aromatic rings. The van der Waals surface area contributed by atoms with Crippen LogP contribution in [0, 0.1) is 11.3 Å². The summed E-state index contributed by atoms with van der Waals surface area (Å²) in [4.78, 5) is 14.8. The van der Waals surface area contributed by atoms with Gasteiger partial charge in [0.2, 0.25) is 0 Å². The summed E-state index contributed by atoms with van der Waals surface area (Å²) >= 11 is 0. The molecule has 0 aliphatic rings. The van der Waals surface area contributed by atoms with Gasteiger partial charge in [0.1, 0.15) is 11.6 Å². The van der Waals surface area contributed by atoms with Crippen molar-refractivity contribution < 1.29 is 14.3 Å². The van der Waals surface area contributed by atoms with E-state index in [-0.39, 0.29) is 5.57 Å². The molecule has 0 radical (unpaired) electrons. The average molecular weight is 470 g/mol. The first-order valence-electron chi connectivity index (χ1n) is 11.6. The van der Waals surface area contributed by atoms with E-state index in [4.69, 9.17) is 9.47 Å². The smallest absolute Gasteiger partial charge is 0.261 e. The number of methoxy groups -OCH3 is 2. The molecular weight excluding hydrogens is 438 g/mol. The Balaban J connectivity index is 1.60. The van der Waals surface area contributed by atoms with Crippen LogP contribution in [0.25, 0.3) is 6.08 Å². The van der Waals surface area contributed by atoms with Gasteiger partial charge in [-0.05, 0) is 60.4 Å². The number of nitrogens with zero attached hydrogens (tertiary/aromatic N) is 2. The molecule has 1 amide bonds. The predicted octanol–water partition coefficient (Wildman–Crippen LogP) is 5.00. The number of nitriles is 1. The fraction of sp³-hybridized carbons (Fsp3) is 0.241. The zero-order valence-electron chi connectivity index (χ0n) is 20.5. The highest BCUT2D eigenvalue weighted by Crippen LogP contribution is 2.27. The molecule has 0 heterocycles. The third-order valence-corrected chi connectivity index (χ3v) is 5.68. The Kier molecular flexibility index (Phi) is 9.32. The zero-order chi connectivity index (χ0) is 25.0. The van der Waals surface area contributed by atoms with Crippen molar-refractivity contribution in [3.63, 3.8) is 0 Å². The molecule has 6 heteroatoms. The number of ether oxygens (including phenoxy) is 2. The Hall–Kier alpha value is -4.24. The molecule has 35 heavy (non-hydrogen) atoms. The fourth-order valence-electron chi connectivity index (χ4n) is 3.74. The monoisotopic (exact) mass is 469 g/mol. The maximum absolute atomic E-state index is 12.6. The van der Waals surface area contributed by atoms with Crippen molar-refractivity contribution in [2.45, 2.75) is 19.9 Å². The minimum atomic E-state index is -0.392. The summed E-state index contributed by atoms with van der Waals surface area (Å²) in [5.41, 5.74) is 4.20. The molecule has 0 unspecified atom stereocenters. The zero-order valence-corrected chi connectivity index (χ0v) is 20.5. The summed E-state index contributed by atoms with van der Waals surface area (Å²) in [5, 5.41) is 12.4. The number of anilines is 1. The van der Waals surface area contributed by atoms with E-state index in [1.54, 1.807) is 20.3 Å². The second-order valence-electron chi connectivity index (χ2n) is 7.96. The number of hydrogen-bond acceptors (Lipinski definition) is 5. The second-order valence-corrected chi connectivity index (χ2v) is 7.96. The van der Waals surface area contributed by atoms with Crippen LogP contribution in [0.3, 0.4) is 0 Å². The van der Waals surface area contributed by atoms with Crippen LogP contribution in [-0.2, 0) is 17.8 Å². The molecule has 0 spiro atoms. The van der Waals surface area contributed by atoms with Gasteiger partial charge in [-0.3, -0.25) is 4.79 Å². The lowest BCUT2D eigenvalue weighted by Crippen LogP contribution is -2.26. The second kappa shape index (κ2) is 12.9. The summed E-state index contributed by atoms with van der Waals surface area (Å²) in [5.74, 6) is 0.905. The van der Waals surface area contributed by atoms with Crippen LogP contribution in [0.4, 0.5) is 5.69 Å². The lowest BCUT2D eigenvalue weighted by Gasteiger charge is -2.23. The van der Waals surface area contributed by atoms with Gasteiger partial charge in [0.05, 0.1) is 14.2 Å². The highest BCUT2D eigenvalue weighted by atomic mass is 16.5. The molecular formula is C29H31N3O3. The van der Waals surface area contributed by atoms with E-state index in [1.165, 1.54) is 5.56 Å². The minimum absolute atomic E-state index is 0.0710. The molecule has 0 aliphatic heterocycles. The molecule has 1 N–H and O–H groups in total. The molecule has 0 aromatic heterocycles. The molecule has 0 saturated carbocycles. The van der Waals surface area contributed by atoms with Gasteiger partial charge in [-0.2, -0.15) is 5.26 Å². The van der Waals surface area contributed by atoms with E-state index in [1.807, 2.05) is 66.7 Å². The van der Waals surface area contributed by atoms with Crippen molar-refractivity contribution in [1.29, 1.82) is 5.26 Å². The summed E-state index contributed by atoms with van der Waals surface area (Å²) in [6, 6.07) is 25.9. The first-order chi connectivity index (χ1) is 17.1. The summed E-state index contributed by atoms with van der Waals surface area (Å²) in [7, 11) is 3.18. The normalized spacial score (nSPS) is 10.9. The van der Waals surface area contributed by atoms with Gasteiger partial charge in [0, 0.05) is 25.3 Å². The maximum atomic E-state index is 12.6. The van der Waals surface area contributed by atoms with E-state index < -0.39 is 5.91 Å². The quantitative estimate of drug-likeness (QED) is 0.316. The van der Waals surface area contributed by atoms with Crippen molar-refractivity contribution in [2.75, 3.05) is 32.2 Å². The number of amides is 1.